The summed E-state index contributed by atoms with van der Waals surface area (Å²) in [6, 6.07) is 10.5. The van der Waals surface area contributed by atoms with Gasteiger partial charge in [-0.15, -0.1) is 0 Å². The van der Waals surface area contributed by atoms with Crippen molar-refractivity contribution in [3.8, 4) is 0 Å². The second-order valence-corrected chi connectivity index (χ2v) is 5.22. The van der Waals surface area contributed by atoms with Crippen molar-refractivity contribution in [1.82, 2.24) is 10.2 Å². The summed E-state index contributed by atoms with van der Waals surface area (Å²) in [6.45, 7) is 6.81. The molecule has 0 fully saturated rings. The molecular weight excluding hydrogens is 250 g/mol. The lowest BCUT2D eigenvalue weighted by molar-refractivity contribution is -0.123. The van der Waals surface area contributed by atoms with Crippen LogP contribution >= 0.6 is 0 Å². The molecule has 3 N–H and O–H groups in total. The molecule has 0 heterocycles. The van der Waals surface area contributed by atoms with Crippen LogP contribution in [0.4, 0.5) is 0 Å². The summed E-state index contributed by atoms with van der Waals surface area (Å²) in [5.74, 6) is 0.0901. The van der Waals surface area contributed by atoms with Gasteiger partial charge in [-0.3, -0.25) is 9.69 Å². The van der Waals surface area contributed by atoms with Gasteiger partial charge in [0.2, 0.25) is 5.91 Å². The maximum Gasteiger partial charge on any atom is 0.234 e. The van der Waals surface area contributed by atoms with Crippen LogP contribution in [0.3, 0.4) is 0 Å². The van der Waals surface area contributed by atoms with Gasteiger partial charge < -0.3 is 11.1 Å². The normalized spacial score (nSPS) is 12.4. The van der Waals surface area contributed by atoms with Gasteiger partial charge in [0, 0.05) is 19.1 Å². The first-order valence-electron chi connectivity index (χ1n) is 7.41. The zero-order valence-electron chi connectivity index (χ0n) is 12.6. The Morgan fingerprint density at radius 3 is 2.65 bits per heavy atom. The summed E-state index contributed by atoms with van der Waals surface area (Å²) >= 11 is 0. The summed E-state index contributed by atoms with van der Waals surface area (Å²) in [5.41, 5.74) is 6.80. The lowest BCUT2D eigenvalue weighted by Gasteiger charge is -2.22. The molecule has 0 radical (unpaired) electrons. The molecule has 0 aromatic heterocycles. The van der Waals surface area contributed by atoms with E-state index in [9.17, 15) is 4.79 Å². The predicted molar refractivity (Wildman–Crippen MR) is 83.3 cm³/mol. The van der Waals surface area contributed by atoms with Gasteiger partial charge in [0.15, 0.2) is 0 Å². The van der Waals surface area contributed by atoms with Crippen LogP contribution in [0.2, 0.25) is 0 Å². The number of nitrogens with two attached hydrogens (primary N) is 1. The van der Waals surface area contributed by atoms with E-state index in [1.165, 1.54) is 5.56 Å². The highest BCUT2D eigenvalue weighted by molar-refractivity contribution is 5.78. The van der Waals surface area contributed by atoms with Crippen LogP contribution in [0.5, 0.6) is 0 Å². The maximum atomic E-state index is 12.0. The number of hydrogen-bond acceptors (Lipinski definition) is 3. The first kappa shape index (κ1) is 16.7. The van der Waals surface area contributed by atoms with E-state index >= 15 is 0 Å². The van der Waals surface area contributed by atoms with Gasteiger partial charge in [-0.2, -0.15) is 0 Å². The smallest absolute Gasteiger partial charge is 0.234 e. The number of benzene rings is 1. The molecule has 0 aliphatic rings. The quantitative estimate of drug-likeness (QED) is 0.723. The molecule has 0 aliphatic heterocycles. The minimum absolute atomic E-state index is 0.0901. The lowest BCUT2D eigenvalue weighted by Crippen LogP contribution is -2.41. The average molecular weight is 277 g/mol. The van der Waals surface area contributed by atoms with Crippen molar-refractivity contribution < 1.29 is 4.79 Å². The average Bonchev–Trinajstić information content (AvgIpc) is 2.45. The molecule has 1 aromatic carbocycles. The molecule has 0 saturated carbocycles. The fourth-order valence-electron chi connectivity index (χ4n) is 2.00. The Labute approximate surface area is 122 Å². The van der Waals surface area contributed by atoms with E-state index in [2.05, 4.69) is 29.3 Å². The zero-order valence-corrected chi connectivity index (χ0v) is 12.6. The van der Waals surface area contributed by atoms with E-state index in [1.54, 1.807) is 0 Å². The predicted octanol–water partition coefficient (Wildman–Crippen LogP) is 1.75. The highest BCUT2D eigenvalue weighted by Crippen LogP contribution is 2.05. The molecule has 1 unspecified atom stereocenters. The Kier molecular flexibility index (Phi) is 7.92. The van der Waals surface area contributed by atoms with Crippen LogP contribution in [0.25, 0.3) is 0 Å². The van der Waals surface area contributed by atoms with Crippen molar-refractivity contribution >= 4 is 5.91 Å². The van der Waals surface area contributed by atoms with Crippen LogP contribution in [0.15, 0.2) is 30.3 Å². The van der Waals surface area contributed by atoms with Crippen molar-refractivity contribution in [3.05, 3.63) is 35.9 Å². The van der Waals surface area contributed by atoms with Crippen molar-refractivity contribution in [2.45, 2.75) is 39.3 Å². The number of amides is 1. The molecule has 4 nitrogen and oxygen atoms in total. The highest BCUT2D eigenvalue weighted by Gasteiger charge is 2.12. The third-order valence-corrected chi connectivity index (χ3v) is 3.31. The zero-order chi connectivity index (χ0) is 14.8. The van der Waals surface area contributed by atoms with E-state index in [0.29, 0.717) is 13.1 Å². The molecule has 1 aromatic rings. The number of carbonyl (C=O) groups is 1. The SMILES string of the molecule is CCC(C)NC(=O)CN(CCCN)Cc1ccccc1. The topological polar surface area (TPSA) is 58.4 Å². The summed E-state index contributed by atoms with van der Waals surface area (Å²) in [5, 5.41) is 3.01. The fraction of sp³-hybridized carbons (Fsp3) is 0.562. The molecule has 1 rings (SSSR count). The van der Waals surface area contributed by atoms with Crippen LogP contribution < -0.4 is 11.1 Å². The van der Waals surface area contributed by atoms with Gasteiger partial charge in [-0.1, -0.05) is 37.3 Å². The third kappa shape index (κ3) is 6.68. The van der Waals surface area contributed by atoms with Crippen LogP contribution in [0.1, 0.15) is 32.3 Å². The molecule has 0 aliphatic carbocycles. The Hall–Kier alpha value is -1.39. The Balaban J connectivity index is 2.53. The first-order chi connectivity index (χ1) is 9.65. The van der Waals surface area contributed by atoms with Crippen molar-refractivity contribution in [2.24, 2.45) is 5.73 Å². The largest absolute Gasteiger partial charge is 0.353 e. The van der Waals surface area contributed by atoms with Crippen molar-refractivity contribution in [2.75, 3.05) is 19.6 Å². The minimum atomic E-state index is 0.0901. The Bertz CT molecular complexity index is 381. The summed E-state index contributed by atoms with van der Waals surface area (Å²) in [7, 11) is 0. The van der Waals surface area contributed by atoms with Gasteiger partial charge in [-0.05, 0) is 31.9 Å². The van der Waals surface area contributed by atoms with Crippen LogP contribution in [0, 0.1) is 0 Å². The van der Waals surface area contributed by atoms with Gasteiger partial charge in [0.05, 0.1) is 6.54 Å². The minimum Gasteiger partial charge on any atom is -0.353 e. The summed E-state index contributed by atoms with van der Waals surface area (Å²) < 4.78 is 0. The molecule has 1 amide bonds. The number of nitrogens with one attached hydrogen (secondary N) is 1. The second-order valence-electron chi connectivity index (χ2n) is 5.22. The molecule has 4 heteroatoms. The molecule has 0 saturated heterocycles. The lowest BCUT2D eigenvalue weighted by atomic mass is 10.2. The second kappa shape index (κ2) is 9.50. The number of rotatable bonds is 9. The molecule has 1 atom stereocenters. The van der Waals surface area contributed by atoms with Gasteiger partial charge in [0.1, 0.15) is 0 Å². The third-order valence-electron chi connectivity index (χ3n) is 3.31. The van der Waals surface area contributed by atoms with Gasteiger partial charge >= 0.3 is 0 Å². The van der Waals surface area contributed by atoms with Crippen LogP contribution in [-0.4, -0.2) is 36.5 Å². The van der Waals surface area contributed by atoms with E-state index in [4.69, 9.17) is 5.73 Å². The molecule has 0 bridgehead atoms. The highest BCUT2D eigenvalue weighted by atomic mass is 16.2. The van der Waals surface area contributed by atoms with Crippen molar-refractivity contribution in [3.63, 3.8) is 0 Å². The Morgan fingerprint density at radius 1 is 1.35 bits per heavy atom. The number of carbonyl (C=O) groups excluding carboxylic acids is 1. The Morgan fingerprint density at radius 2 is 2.05 bits per heavy atom. The number of nitrogens with zero attached hydrogens (tertiary/aromatic N) is 1. The monoisotopic (exact) mass is 277 g/mol. The van der Waals surface area contributed by atoms with Crippen LogP contribution in [-0.2, 0) is 11.3 Å². The van der Waals surface area contributed by atoms with E-state index in [-0.39, 0.29) is 11.9 Å². The maximum absolute atomic E-state index is 12.0. The molecular formula is C16H27N3O. The fourth-order valence-corrected chi connectivity index (χ4v) is 2.00. The molecule has 0 spiro atoms. The van der Waals surface area contributed by atoms with Gasteiger partial charge in [-0.25, -0.2) is 0 Å². The molecule has 20 heavy (non-hydrogen) atoms. The van der Waals surface area contributed by atoms with E-state index in [0.717, 1.165) is 25.9 Å². The molecule has 112 valence electrons. The van der Waals surface area contributed by atoms with E-state index in [1.807, 2.05) is 25.1 Å². The summed E-state index contributed by atoms with van der Waals surface area (Å²) in [4.78, 5) is 14.1. The standard InChI is InChI=1S/C16H27N3O/c1-3-14(2)18-16(20)13-19(11-7-10-17)12-15-8-5-4-6-9-15/h4-6,8-9,14H,3,7,10-13,17H2,1-2H3,(H,18,20). The van der Waals surface area contributed by atoms with Crippen molar-refractivity contribution in [1.29, 1.82) is 0 Å². The first-order valence-corrected chi connectivity index (χ1v) is 7.41. The summed E-state index contributed by atoms with van der Waals surface area (Å²) in [6.07, 6.45) is 1.86. The van der Waals surface area contributed by atoms with Gasteiger partial charge in [0.25, 0.3) is 0 Å². The number of hydrogen-bond donors (Lipinski definition) is 2. The van der Waals surface area contributed by atoms with E-state index < -0.39 is 0 Å².